The molecule has 0 N–H and O–H groups in total. The number of hydrogen-bond donors (Lipinski definition) is 0. The highest BCUT2D eigenvalue weighted by Gasteiger charge is 2.31. The number of hydrogen-bond acceptors (Lipinski definition) is 5. The third kappa shape index (κ3) is 2.94. The first-order valence-electron chi connectivity index (χ1n) is 6.46. The number of esters is 1. The second kappa shape index (κ2) is 5.69. The normalized spacial score (nSPS) is 22.6. The number of carbonyl (C=O) groups excluding carboxylic acids is 2. The van der Waals surface area contributed by atoms with Gasteiger partial charge in [-0.05, 0) is 26.2 Å². The maximum Gasteiger partial charge on any atom is 0.367 e. The molecule has 0 saturated carbocycles. The Kier molecular flexibility index (Phi) is 4.19. The van der Waals surface area contributed by atoms with E-state index >= 15 is 0 Å². The number of rotatable bonds is 3. The monoisotopic (exact) mass is 282 g/mol. The van der Waals surface area contributed by atoms with E-state index in [0.29, 0.717) is 18.2 Å². The first-order valence-corrected chi connectivity index (χ1v) is 7.34. The molecule has 1 aromatic heterocycles. The topological polar surface area (TPSA) is 59.5 Å². The van der Waals surface area contributed by atoms with Crippen LogP contribution in [0.5, 0.6) is 0 Å². The molecule has 19 heavy (non-hydrogen) atoms. The number of ether oxygens (including phenoxy) is 1. The summed E-state index contributed by atoms with van der Waals surface area (Å²) in [6.07, 6.45) is 1.01. The first kappa shape index (κ1) is 14.0. The minimum absolute atomic E-state index is 0.0938. The van der Waals surface area contributed by atoms with Crippen molar-refractivity contribution in [2.24, 2.45) is 5.92 Å². The SMILES string of the molecule is CCOC(=O)c1nc(C(=O)N2CC(C)CC2C)cs1. The second-order valence-corrected chi connectivity index (χ2v) is 5.76. The number of amides is 1. The maximum atomic E-state index is 12.3. The van der Waals surface area contributed by atoms with Crippen LogP contribution in [0, 0.1) is 5.92 Å². The summed E-state index contributed by atoms with van der Waals surface area (Å²) in [7, 11) is 0. The molecule has 104 valence electrons. The lowest BCUT2D eigenvalue weighted by Crippen LogP contribution is -2.34. The van der Waals surface area contributed by atoms with Crippen molar-refractivity contribution in [3.63, 3.8) is 0 Å². The van der Waals surface area contributed by atoms with Crippen molar-refractivity contribution in [1.82, 2.24) is 9.88 Å². The van der Waals surface area contributed by atoms with E-state index in [-0.39, 0.29) is 17.0 Å². The fourth-order valence-electron chi connectivity index (χ4n) is 2.39. The van der Waals surface area contributed by atoms with Crippen molar-refractivity contribution >= 4 is 23.2 Å². The van der Waals surface area contributed by atoms with Crippen LogP contribution in [0.2, 0.25) is 0 Å². The third-order valence-electron chi connectivity index (χ3n) is 3.22. The smallest absolute Gasteiger partial charge is 0.367 e. The maximum absolute atomic E-state index is 12.3. The van der Waals surface area contributed by atoms with Gasteiger partial charge >= 0.3 is 5.97 Å². The van der Waals surface area contributed by atoms with Crippen molar-refractivity contribution in [3.8, 4) is 0 Å². The van der Waals surface area contributed by atoms with Crippen LogP contribution in [0.1, 0.15) is 47.5 Å². The number of thiazole rings is 1. The van der Waals surface area contributed by atoms with E-state index in [0.717, 1.165) is 24.3 Å². The largest absolute Gasteiger partial charge is 0.461 e. The third-order valence-corrected chi connectivity index (χ3v) is 4.04. The van der Waals surface area contributed by atoms with E-state index in [4.69, 9.17) is 4.74 Å². The molecular weight excluding hydrogens is 264 g/mol. The average molecular weight is 282 g/mol. The predicted molar refractivity (Wildman–Crippen MR) is 72.4 cm³/mol. The summed E-state index contributed by atoms with van der Waals surface area (Å²) in [6, 6.07) is 0.232. The van der Waals surface area contributed by atoms with Crippen LogP contribution in [-0.4, -0.2) is 41.0 Å². The molecule has 2 unspecified atom stereocenters. The standard InChI is InChI=1S/C13H18N2O3S/c1-4-18-13(17)11-14-10(7-19-11)12(16)15-6-8(2)5-9(15)3/h7-9H,4-6H2,1-3H3. The minimum atomic E-state index is -0.464. The summed E-state index contributed by atoms with van der Waals surface area (Å²) in [5.41, 5.74) is 0.342. The number of aromatic nitrogens is 1. The molecule has 6 heteroatoms. The molecule has 0 aromatic carbocycles. The van der Waals surface area contributed by atoms with E-state index in [1.54, 1.807) is 12.3 Å². The molecule has 5 nitrogen and oxygen atoms in total. The summed E-state index contributed by atoms with van der Waals surface area (Å²) in [6.45, 7) is 6.98. The first-order chi connectivity index (χ1) is 9.02. The van der Waals surface area contributed by atoms with Gasteiger partial charge in [0, 0.05) is 18.0 Å². The molecule has 1 aliphatic rings. The Morgan fingerprint density at radius 2 is 2.26 bits per heavy atom. The zero-order chi connectivity index (χ0) is 14.0. The molecule has 1 aromatic rings. The zero-order valence-electron chi connectivity index (χ0n) is 11.4. The second-order valence-electron chi connectivity index (χ2n) is 4.91. The number of carbonyl (C=O) groups is 2. The number of nitrogens with zero attached hydrogens (tertiary/aromatic N) is 2. The van der Waals surface area contributed by atoms with Crippen molar-refractivity contribution in [1.29, 1.82) is 0 Å². The Balaban J connectivity index is 2.10. The molecule has 0 radical (unpaired) electrons. The molecule has 1 aliphatic heterocycles. The fraction of sp³-hybridized carbons (Fsp3) is 0.615. The van der Waals surface area contributed by atoms with Crippen LogP contribution in [-0.2, 0) is 4.74 Å². The minimum Gasteiger partial charge on any atom is -0.461 e. The predicted octanol–water partition coefficient (Wildman–Crippen LogP) is 2.19. The zero-order valence-corrected chi connectivity index (χ0v) is 12.2. The molecule has 1 saturated heterocycles. The van der Waals surface area contributed by atoms with Crippen molar-refractivity contribution in [2.45, 2.75) is 33.2 Å². The highest BCUT2D eigenvalue weighted by Crippen LogP contribution is 2.24. The van der Waals surface area contributed by atoms with Gasteiger partial charge in [0.25, 0.3) is 5.91 Å². The molecule has 2 rings (SSSR count). The van der Waals surface area contributed by atoms with E-state index < -0.39 is 5.97 Å². The van der Waals surface area contributed by atoms with Gasteiger partial charge in [-0.1, -0.05) is 6.92 Å². The Hall–Kier alpha value is -1.43. The van der Waals surface area contributed by atoms with Crippen LogP contribution in [0.3, 0.4) is 0 Å². The molecule has 2 atom stereocenters. The lowest BCUT2D eigenvalue weighted by Gasteiger charge is -2.20. The van der Waals surface area contributed by atoms with Gasteiger partial charge < -0.3 is 9.64 Å². The van der Waals surface area contributed by atoms with Gasteiger partial charge in [0.1, 0.15) is 5.69 Å². The van der Waals surface area contributed by atoms with Gasteiger partial charge in [-0.2, -0.15) is 0 Å². The van der Waals surface area contributed by atoms with E-state index in [2.05, 4.69) is 11.9 Å². The van der Waals surface area contributed by atoms with Gasteiger partial charge in [0.2, 0.25) is 5.01 Å². The summed E-state index contributed by atoms with van der Waals surface area (Å²) in [5, 5.41) is 1.87. The van der Waals surface area contributed by atoms with Crippen LogP contribution in [0.15, 0.2) is 5.38 Å². The molecule has 0 bridgehead atoms. The van der Waals surface area contributed by atoms with Gasteiger partial charge in [0.15, 0.2) is 0 Å². The van der Waals surface area contributed by atoms with Crippen molar-refractivity contribution < 1.29 is 14.3 Å². The van der Waals surface area contributed by atoms with Crippen molar-refractivity contribution in [3.05, 3.63) is 16.1 Å². The van der Waals surface area contributed by atoms with Gasteiger partial charge in [0.05, 0.1) is 6.61 Å². The highest BCUT2D eigenvalue weighted by molar-refractivity contribution is 7.11. The fourth-order valence-corrected chi connectivity index (χ4v) is 3.07. The van der Waals surface area contributed by atoms with Crippen molar-refractivity contribution in [2.75, 3.05) is 13.2 Å². The Morgan fingerprint density at radius 3 is 2.84 bits per heavy atom. The lowest BCUT2D eigenvalue weighted by molar-refractivity contribution is 0.0526. The van der Waals surface area contributed by atoms with Crippen LogP contribution in [0.25, 0.3) is 0 Å². The van der Waals surface area contributed by atoms with Gasteiger partial charge in [-0.15, -0.1) is 11.3 Å². The van der Waals surface area contributed by atoms with Crippen LogP contribution >= 0.6 is 11.3 Å². The average Bonchev–Trinajstić information content (AvgIpc) is 2.95. The highest BCUT2D eigenvalue weighted by atomic mass is 32.1. The summed E-state index contributed by atoms with van der Waals surface area (Å²) >= 11 is 1.15. The van der Waals surface area contributed by atoms with Gasteiger partial charge in [-0.3, -0.25) is 4.79 Å². The van der Waals surface area contributed by atoms with Crippen LogP contribution < -0.4 is 0 Å². The Labute approximate surface area is 116 Å². The van der Waals surface area contributed by atoms with E-state index in [1.165, 1.54) is 0 Å². The van der Waals surface area contributed by atoms with E-state index in [9.17, 15) is 9.59 Å². The Morgan fingerprint density at radius 1 is 1.53 bits per heavy atom. The van der Waals surface area contributed by atoms with E-state index in [1.807, 2.05) is 11.8 Å². The summed E-state index contributed by atoms with van der Waals surface area (Å²) < 4.78 is 4.87. The molecule has 0 aliphatic carbocycles. The quantitative estimate of drug-likeness (QED) is 0.797. The molecule has 1 fully saturated rings. The number of likely N-dealkylation sites (tertiary alicyclic amines) is 1. The molecular formula is C13H18N2O3S. The van der Waals surface area contributed by atoms with Crippen LogP contribution in [0.4, 0.5) is 0 Å². The molecule has 0 spiro atoms. The molecule has 1 amide bonds. The lowest BCUT2D eigenvalue weighted by atomic mass is 10.1. The summed E-state index contributed by atoms with van der Waals surface area (Å²) in [4.78, 5) is 29.7. The van der Waals surface area contributed by atoms with Gasteiger partial charge in [-0.25, -0.2) is 9.78 Å². The Bertz CT molecular complexity index is 486. The molecule has 2 heterocycles. The summed E-state index contributed by atoms with van der Waals surface area (Å²) in [5.74, 6) is -0.0415.